The number of nitrogens with one attached hydrogen (secondary N) is 1. The minimum absolute atomic E-state index is 0.1000. The average Bonchev–Trinajstić information content (AvgIpc) is 3.00. The summed E-state index contributed by atoms with van der Waals surface area (Å²) < 4.78 is 24.9. The first-order valence-electron chi connectivity index (χ1n) is 8.90. The van der Waals surface area contributed by atoms with Crippen molar-refractivity contribution < 1.29 is 23.5 Å². The molecule has 0 amide bonds. The number of hydrogen-bond acceptors (Lipinski definition) is 9. The molecule has 1 unspecified atom stereocenters. The lowest BCUT2D eigenvalue weighted by atomic mass is 10.3. The van der Waals surface area contributed by atoms with E-state index in [9.17, 15) is 14.5 Å². The first-order chi connectivity index (χ1) is 13.3. The van der Waals surface area contributed by atoms with Crippen LogP contribution in [-0.4, -0.2) is 70.5 Å². The second-order valence-electron chi connectivity index (χ2n) is 5.99. The molecule has 0 aromatic carbocycles. The molecule has 0 fully saturated rings. The molecule has 0 radical (unpaired) electrons. The van der Waals surface area contributed by atoms with Gasteiger partial charge in [-0.3, -0.25) is 14.3 Å². The number of aromatic nitrogens is 2. The standard InChI is InChI=1S/C15H26ClN6O5P/c1-3-26-28(25,27-4-2)8-7-21(9-11(23)24)5-6-22-10-18-12-13(16)19-15(17)20-14(12)22/h10,13H,3-9H2,1-2H3,(H,23,24)(H3,17,19,20). The van der Waals surface area contributed by atoms with Crippen molar-refractivity contribution in [1.29, 1.82) is 0 Å². The molecule has 1 aromatic rings. The van der Waals surface area contributed by atoms with Crippen LogP contribution in [0.3, 0.4) is 0 Å². The SMILES string of the molecule is CCOP(=O)(CCN(CCn1cnc2c1N=C(N)NC2Cl)CC(=O)O)OCC. The van der Waals surface area contributed by atoms with Crippen LogP contribution in [0.15, 0.2) is 11.3 Å². The van der Waals surface area contributed by atoms with E-state index in [4.69, 9.17) is 26.4 Å². The zero-order valence-electron chi connectivity index (χ0n) is 15.9. The molecule has 13 heteroatoms. The summed E-state index contributed by atoms with van der Waals surface area (Å²) in [6.45, 7) is 4.77. The van der Waals surface area contributed by atoms with Gasteiger partial charge in [-0.15, -0.1) is 0 Å². The number of guanidine groups is 1. The number of nitrogens with two attached hydrogens (primary N) is 1. The van der Waals surface area contributed by atoms with Gasteiger partial charge < -0.3 is 29.8 Å². The number of nitrogens with zero attached hydrogens (tertiary/aromatic N) is 4. The molecular formula is C15H26ClN6O5P. The number of imidazole rings is 1. The molecule has 4 N–H and O–H groups in total. The van der Waals surface area contributed by atoms with Gasteiger partial charge in [-0.2, -0.15) is 4.99 Å². The summed E-state index contributed by atoms with van der Waals surface area (Å²) in [6.07, 6.45) is 1.68. The number of aliphatic carboxylic acids is 1. The van der Waals surface area contributed by atoms with Crippen molar-refractivity contribution in [2.75, 3.05) is 39.0 Å². The summed E-state index contributed by atoms with van der Waals surface area (Å²) in [5, 5.41) is 12.0. The molecule has 0 saturated heterocycles. The fraction of sp³-hybridized carbons (Fsp3) is 0.667. The lowest BCUT2D eigenvalue weighted by Gasteiger charge is -2.24. The average molecular weight is 437 g/mol. The molecule has 11 nitrogen and oxygen atoms in total. The topological polar surface area (TPSA) is 144 Å². The van der Waals surface area contributed by atoms with E-state index in [0.29, 0.717) is 24.6 Å². The molecule has 0 bridgehead atoms. The third-order valence-electron chi connectivity index (χ3n) is 3.94. The number of aliphatic imine (C=N–C) groups is 1. The Morgan fingerprint density at radius 2 is 2.11 bits per heavy atom. The number of hydrogen-bond donors (Lipinski definition) is 3. The predicted molar refractivity (Wildman–Crippen MR) is 105 cm³/mol. The van der Waals surface area contributed by atoms with Crippen molar-refractivity contribution >= 4 is 36.9 Å². The maximum Gasteiger partial charge on any atom is 0.331 e. The van der Waals surface area contributed by atoms with E-state index in [1.54, 1.807) is 29.6 Å². The highest BCUT2D eigenvalue weighted by molar-refractivity contribution is 7.53. The molecule has 1 aromatic heterocycles. The quantitative estimate of drug-likeness (QED) is 0.251. The van der Waals surface area contributed by atoms with E-state index in [1.165, 1.54) is 0 Å². The Labute approximate surface area is 168 Å². The Morgan fingerprint density at radius 3 is 2.71 bits per heavy atom. The monoisotopic (exact) mass is 436 g/mol. The normalized spacial score (nSPS) is 16.6. The van der Waals surface area contributed by atoms with Crippen molar-refractivity contribution in [2.45, 2.75) is 25.9 Å². The van der Waals surface area contributed by atoms with Crippen molar-refractivity contribution in [1.82, 2.24) is 19.8 Å². The number of alkyl halides is 1. The third kappa shape index (κ3) is 6.18. The molecule has 1 aliphatic rings. The molecular weight excluding hydrogens is 411 g/mol. The van der Waals surface area contributed by atoms with Crippen molar-refractivity contribution in [2.24, 2.45) is 10.7 Å². The first-order valence-corrected chi connectivity index (χ1v) is 11.1. The maximum absolute atomic E-state index is 12.6. The van der Waals surface area contributed by atoms with Gasteiger partial charge in [-0.1, -0.05) is 11.6 Å². The van der Waals surface area contributed by atoms with Crippen LogP contribution in [0.4, 0.5) is 5.82 Å². The number of carboxylic acids is 1. The van der Waals surface area contributed by atoms with E-state index >= 15 is 0 Å². The first kappa shape index (κ1) is 22.6. The van der Waals surface area contributed by atoms with Gasteiger partial charge >= 0.3 is 13.6 Å². The van der Waals surface area contributed by atoms with E-state index in [2.05, 4.69) is 15.3 Å². The lowest BCUT2D eigenvalue weighted by molar-refractivity contribution is -0.138. The molecule has 1 atom stereocenters. The smallest absolute Gasteiger partial charge is 0.331 e. The molecule has 2 rings (SSSR count). The van der Waals surface area contributed by atoms with Crippen LogP contribution < -0.4 is 11.1 Å². The number of carbonyl (C=O) groups is 1. The van der Waals surface area contributed by atoms with E-state index < -0.39 is 19.1 Å². The fourth-order valence-corrected chi connectivity index (χ4v) is 4.65. The summed E-state index contributed by atoms with van der Waals surface area (Å²) in [4.78, 5) is 21.3. The molecule has 0 saturated carbocycles. The zero-order valence-corrected chi connectivity index (χ0v) is 17.5. The number of rotatable bonds is 12. The summed E-state index contributed by atoms with van der Waals surface area (Å²) in [5.74, 6) is -0.269. The van der Waals surface area contributed by atoms with Gasteiger partial charge in [0.15, 0.2) is 17.3 Å². The van der Waals surface area contributed by atoms with Crippen LogP contribution in [0.2, 0.25) is 0 Å². The second-order valence-corrected chi connectivity index (χ2v) is 8.61. The van der Waals surface area contributed by atoms with Gasteiger partial charge in [0.05, 0.1) is 32.2 Å². The van der Waals surface area contributed by atoms with E-state index in [1.807, 2.05) is 0 Å². The fourth-order valence-electron chi connectivity index (χ4n) is 2.73. The summed E-state index contributed by atoms with van der Waals surface area (Å²) in [5.41, 5.74) is 5.69. The van der Waals surface area contributed by atoms with Crippen LogP contribution >= 0.6 is 19.2 Å². The van der Waals surface area contributed by atoms with Crippen LogP contribution in [0.1, 0.15) is 25.0 Å². The minimum Gasteiger partial charge on any atom is -0.480 e. The Kier molecular flexibility index (Phi) is 8.26. The van der Waals surface area contributed by atoms with Gasteiger partial charge in [-0.05, 0) is 13.8 Å². The van der Waals surface area contributed by atoms with Crippen LogP contribution in [0.25, 0.3) is 0 Å². The van der Waals surface area contributed by atoms with Gasteiger partial charge in [0.2, 0.25) is 0 Å². The van der Waals surface area contributed by atoms with Crippen molar-refractivity contribution in [3.05, 3.63) is 12.0 Å². The molecule has 28 heavy (non-hydrogen) atoms. The van der Waals surface area contributed by atoms with Crippen molar-refractivity contribution in [3.8, 4) is 0 Å². The highest BCUT2D eigenvalue weighted by Gasteiger charge is 2.26. The van der Waals surface area contributed by atoms with Crippen LogP contribution in [-0.2, 0) is 25.0 Å². The summed E-state index contributed by atoms with van der Waals surface area (Å²) in [6, 6.07) is 0. The maximum atomic E-state index is 12.6. The molecule has 1 aliphatic heterocycles. The molecule has 2 heterocycles. The van der Waals surface area contributed by atoms with Gasteiger partial charge in [-0.25, -0.2) is 4.98 Å². The highest BCUT2D eigenvalue weighted by Crippen LogP contribution is 2.47. The molecule has 0 spiro atoms. The Morgan fingerprint density at radius 1 is 1.43 bits per heavy atom. The Hall–Kier alpha value is -1.65. The number of carboxylic acid groups (broad SMARTS) is 1. The Bertz CT molecular complexity index is 747. The highest BCUT2D eigenvalue weighted by atomic mass is 35.5. The molecule has 0 aliphatic carbocycles. The summed E-state index contributed by atoms with van der Waals surface area (Å²) in [7, 11) is -3.25. The van der Waals surface area contributed by atoms with Crippen molar-refractivity contribution in [3.63, 3.8) is 0 Å². The van der Waals surface area contributed by atoms with Gasteiger partial charge in [0.1, 0.15) is 5.69 Å². The number of halogens is 1. The Balaban J connectivity index is 2.04. The lowest BCUT2D eigenvalue weighted by Crippen LogP contribution is -2.36. The predicted octanol–water partition coefficient (Wildman–Crippen LogP) is 1.32. The van der Waals surface area contributed by atoms with Gasteiger partial charge in [0.25, 0.3) is 0 Å². The second kappa shape index (κ2) is 10.2. The zero-order chi connectivity index (χ0) is 20.7. The minimum atomic E-state index is -3.25. The van der Waals surface area contributed by atoms with E-state index in [0.717, 1.165) is 0 Å². The largest absolute Gasteiger partial charge is 0.480 e. The number of fused-ring (bicyclic) bond motifs is 1. The van der Waals surface area contributed by atoms with Gasteiger partial charge in [0, 0.05) is 19.6 Å². The molecule has 158 valence electrons. The van der Waals surface area contributed by atoms with E-state index in [-0.39, 0.29) is 38.4 Å². The summed E-state index contributed by atoms with van der Waals surface area (Å²) >= 11 is 6.15. The van der Waals surface area contributed by atoms with Crippen LogP contribution in [0.5, 0.6) is 0 Å². The van der Waals surface area contributed by atoms with Crippen LogP contribution in [0, 0.1) is 0 Å². The third-order valence-corrected chi connectivity index (χ3v) is 6.30.